The maximum absolute atomic E-state index is 13.1. The molecule has 24 heavy (non-hydrogen) atoms. The van der Waals surface area contributed by atoms with Gasteiger partial charge in [-0.1, -0.05) is 18.2 Å². The molecule has 0 aliphatic heterocycles. The lowest BCUT2D eigenvalue weighted by Crippen LogP contribution is -2.34. The van der Waals surface area contributed by atoms with Crippen LogP contribution in [0.5, 0.6) is 0 Å². The van der Waals surface area contributed by atoms with E-state index >= 15 is 0 Å². The summed E-state index contributed by atoms with van der Waals surface area (Å²) in [5.41, 5.74) is 1.70. The van der Waals surface area contributed by atoms with Crippen molar-refractivity contribution in [3.05, 3.63) is 71.6 Å². The zero-order chi connectivity index (χ0) is 17.5. The van der Waals surface area contributed by atoms with Gasteiger partial charge in [-0.25, -0.2) is 9.18 Å². The zero-order valence-corrected chi connectivity index (χ0v) is 13.5. The van der Waals surface area contributed by atoms with E-state index in [0.29, 0.717) is 16.8 Å². The number of nitrogens with one attached hydrogen (secondary N) is 2. The monoisotopic (exact) mass is 326 g/mol. The van der Waals surface area contributed by atoms with Gasteiger partial charge in [0.2, 0.25) is 0 Å². The molecule has 4 nitrogen and oxygen atoms in total. The molecule has 0 heterocycles. The minimum absolute atomic E-state index is 0.0406. The van der Waals surface area contributed by atoms with Crippen molar-refractivity contribution in [3.8, 4) is 0 Å². The Morgan fingerprint density at radius 2 is 1.79 bits per heavy atom. The Balaban J connectivity index is 1.99. The van der Waals surface area contributed by atoms with Crippen LogP contribution in [0.25, 0.3) is 6.08 Å². The standard InChI is InChI=1S/C19H19FN2O2/c1-13(2)21-19(24)22-17-9-7-15(8-10-17)18(23)11-6-14-4-3-5-16(20)12-14/h3-13H,1-2H3,(H2,21,22,24)/b11-6+. The lowest BCUT2D eigenvalue weighted by molar-refractivity contribution is 0.104. The SMILES string of the molecule is CC(C)NC(=O)Nc1ccc(C(=O)/C=C/c2cccc(F)c2)cc1. The summed E-state index contributed by atoms with van der Waals surface area (Å²) in [4.78, 5) is 23.7. The minimum Gasteiger partial charge on any atom is -0.336 e. The highest BCUT2D eigenvalue weighted by atomic mass is 19.1. The molecular formula is C19H19FN2O2. The van der Waals surface area contributed by atoms with Crippen LogP contribution in [0, 0.1) is 5.82 Å². The summed E-state index contributed by atoms with van der Waals surface area (Å²) in [5.74, 6) is -0.544. The summed E-state index contributed by atoms with van der Waals surface area (Å²) < 4.78 is 13.1. The third-order valence-corrected chi connectivity index (χ3v) is 3.12. The zero-order valence-electron chi connectivity index (χ0n) is 13.5. The predicted molar refractivity (Wildman–Crippen MR) is 93.5 cm³/mol. The highest BCUT2D eigenvalue weighted by Crippen LogP contribution is 2.12. The average Bonchev–Trinajstić information content (AvgIpc) is 2.52. The van der Waals surface area contributed by atoms with Crippen molar-refractivity contribution in [2.24, 2.45) is 0 Å². The first kappa shape index (κ1) is 17.4. The van der Waals surface area contributed by atoms with Gasteiger partial charge in [-0.3, -0.25) is 4.79 Å². The highest BCUT2D eigenvalue weighted by molar-refractivity contribution is 6.07. The van der Waals surface area contributed by atoms with Gasteiger partial charge in [0.1, 0.15) is 5.82 Å². The van der Waals surface area contributed by atoms with E-state index in [1.807, 2.05) is 13.8 Å². The van der Waals surface area contributed by atoms with Crippen molar-refractivity contribution in [1.29, 1.82) is 0 Å². The maximum atomic E-state index is 13.1. The van der Waals surface area contributed by atoms with Crippen molar-refractivity contribution >= 4 is 23.6 Å². The van der Waals surface area contributed by atoms with Crippen LogP contribution < -0.4 is 10.6 Å². The Kier molecular flexibility index (Phi) is 5.84. The number of halogens is 1. The van der Waals surface area contributed by atoms with Crippen LogP contribution in [0.2, 0.25) is 0 Å². The number of anilines is 1. The number of hydrogen-bond donors (Lipinski definition) is 2. The van der Waals surface area contributed by atoms with Crippen LogP contribution in [0.4, 0.5) is 14.9 Å². The van der Waals surface area contributed by atoms with Crippen LogP contribution in [0.1, 0.15) is 29.8 Å². The van der Waals surface area contributed by atoms with E-state index < -0.39 is 0 Å². The molecule has 0 atom stereocenters. The lowest BCUT2D eigenvalue weighted by Gasteiger charge is -2.10. The summed E-state index contributed by atoms with van der Waals surface area (Å²) in [6.45, 7) is 3.73. The van der Waals surface area contributed by atoms with E-state index in [2.05, 4.69) is 10.6 Å². The molecule has 2 rings (SSSR count). The first-order valence-corrected chi connectivity index (χ1v) is 7.59. The van der Waals surface area contributed by atoms with Gasteiger partial charge in [0.15, 0.2) is 5.78 Å². The minimum atomic E-state index is -0.347. The van der Waals surface area contributed by atoms with Gasteiger partial charge in [0.25, 0.3) is 0 Å². The molecule has 5 heteroatoms. The number of amides is 2. The van der Waals surface area contributed by atoms with Gasteiger partial charge in [-0.15, -0.1) is 0 Å². The van der Waals surface area contributed by atoms with Gasteiger partial charge >= 0.3 is 6.03 Å². The Morgan fingerprint density at radius 3 is 2.42 bits per heavy atom. The molecule has 0 spiro atoms. The van der Waals surface area contributed by atoms with E-state index in [9.17, 15) is 14.0 Å². The van der Waals surface area contributed by atoms with Crippen molar-refractivity contribution in [3.63, 3.8) is 0 Å². The molecular weight excluding hydrogens is 307 g/mol. The topological polar surface area (TPSA) is 58.2 Å². The number of ketones is 1. The van der Waals surface area contributed by atoms with Gasteiger partial charge < -0.3 is 10.6 Å². The van der Waals surface area contributed by atoms with E-state index in [0.717, 1.165) is 0 Å². The van der Waals surface area contributed by atoms with Gasteiger partial charge in [0.05, 0.1) is 0 Å². The van der Waals surface area contributed by atoms with E-state index in [4.69, 9.17) is 0 Å². The third-order valence-electron chi connectivity index (χ3n) is 3.12. The fraction of sp³-hybridized carbons (Fsp3) is 0.158. The van der Waals surface area contributed by atoms with Crippen LogP contribution in [0.3, 0.4) is 0 Å². The Labute approximate surface area is 140 Å². The van der Waals surface area contributed by atoms with Gasteiger partial charge in [0, 0.05) is 17.3 Å². The van der Waals surface area contributed by atoms with Crippen molar-refractivity contribution < 1.29 is 14.0 Å². The summed E-state index contributed by atoms with van der Waals surface area (Å²) in [6, 6.07) is 12.3. The molecule has 2 aromatic rings. The molecule has 0 aromatic heterocycles. The molecule has 0 unspecified atom stereocenters. The number of carbonyl (C=O) groups excluding carboxylic acids is 2. The number of carbonyl (C=O) groups is 2. The summed E-state index contributed by atoms with van der Waals surface area (Å²) in [7, 11) is 0. The second-order valence-electron chi connectivity index (χ2n) is 5.58. The van der Waals surface area contributed by atoms with Crippen LogP contribution in [-0.4, -0.2) is 17.9 Å². The Hall–Kier alpha value is -2.95. The van der Waals surface area contributed by atoms with Gasteiger partial charge in [-0.05, 0) is 61.9 Å². The number of hydrogen-bond acceptors (Lipinski definition) is 2. The summed E-state index contributed by atoms with van der Waals surface area (Å²) >= 11 is 0. The molecule has 0 aliphatic carbocycles. The second-order valence-corrected chi connectivity index (χ2v) is 5.58. The maximum Gasteiger partial charge on any atom is 0.319 e. The fourth-order valence-electron chi connectivity index (χ4n) is 2.03. The van der Waals surface area contributed by atoms with E-state index in [1.165, 1.54) is 18.2 Å². The van der Waals surface area contributed by atoms with E-state index in [-0.39, 0.29) is 23.7 Å². The first-order valence-electron chi connectivity index (χ1n) is 7.59. The molecule has 0 saturated carbocycles. The fourth-order valence-corrected chi connectivity index (χ4v) is 2.03. The molecule has 0 fully saturated rings. The largest absolute Gasteiger partial charge is 0.336 e. The number of allylic oxidation sites excluding steroid dienone is 1. The smallest absolute Gasteiger partial charge is 0.319 e. The first-order chi connectivity index (χ1) is 11.4. The Bertz CT molecular complexity index is 752. The van der Waals surface area contributed by atoms with Crippen molar-refractivity contribution in [2.75, 3.05) is 5.32 Å². The third kappa shape index (κ3) is 5.35. The van der Waals surface area contributed by atoms with Crippen LogP contribution in [-0.2, 0) is 0 Å². The molecule has 0 saturated heterocycles. The molecule has 2 aromatic carbocycles. The van der Waals surface area contributed by atoms with Crippen LogP contribution in [0.15, 0.2) is 54.6 Å². The number of rotatable bonds is 5. The van der Waals surface area contributed by atoms with Crippen LogP contribution >= 0.6 is 0 Å². The molecule has 124 valence electrons. The Morgan fingerprint density at radius 1 is 1.08 bits per heavy atom. The molecule has 2 amide bonds. The van der Waals surface area contributed by atoms with E-state index in [1.54, 1.807) is 42.5 Å². The summed E-state index contributed by atoms with van der Waals surface area (Å²) in [5, 5.41) is 5.40. The van der Waals surface area contributed by atoms with Gasteiger partial charge in [-0.2, -0.15) is 0 Å². The van der Waals surface area contributed by atoms with Crippen molar-refractivity contribution in [2.45, 2.75) is 19.9 Å². The summed E-state index contributed by atoms with van der Waals surface area (Å²) in [6.07, 6.45) is 2.95. The lowest BCUT2D eigenvalue weighted by atomic mass is 10.1. The number of benzene rings is 2. The normalized spacial score (nSPS) is 10.8. The second kappa shape index (κ2) is 8.06. The van der Waals surface area contributed by atoms with Crippen molar-refractivity contribution in [1.82, 2.24) is 5.32 Å². The quantitative estimate of drug-likeness (QED) is 0.637. The molecule has 0 aliphatic rings. The molecule has 0 bridgehead atoms. The highest BCUT2D eigenvalue weighted by Gasteiger charge is 2.05. The average molecular weight is 326 g/mol. The molecule has 2 N–H and O–H groups in total. The number of urea groups is 1. The molecule has 0 radical (unpaired) electrons. The predicted octanol–water partition coefficient (Wildman–Crippen LogP) is 4.25.